The highest BCUT2D eigenvalue weighted by Crippen LogP contribution is 2.36. The number of nitrogens with one attached hydrogen (secondary N) is 1. The highest BCUT2D eigenvalue weighted by atomic mass is 19.4. The number of amides is 1. The average molecular weight is 467 g/mol. The third-order valence-electron chi connectivity index (χ3n) is 4.96. The lowest BCUT2D eigenvalue weighted by atomic mass is 9.85. The first-order valence-electron chi connectivity index (χ1n) is 10.7. The van der Waals surface area contributed by atoms with Crippen LogP contribution >= 0.6 is 0 Å². The van der Waals surface area contributed by atoms with E-state index >= 15 is 0 Å². The Kier molecular flexibility index (Phi) is 9.72. The molecule has 2 unspecified atom stereocenters. The molecule has 9 heteroatoms. The topological polar surface area (TPSA) is 84.9 Å². The zero-order chi connectivity index (χ0) is 24.4. The molecule has 0 heterocycles. The molecule has 0 aliphatic rings. The van der Waals surface area contributed by atoms with Crippen LogP contribution in [0.15, 0.2) is 48.5 Å². The Bertz CT molecular complexity index is 898. The molecule has 0 bridgehead atoms. The van der Waals surface area contributed by atoms with Gasteiger partial charge in [-0.1, -0.05) is 37.6 Å². The predicted molar refractivity (Wildman–Crippen MR) is 116 cm³/mol. The number of benzene rings is 2. The number of alkyl halides is 3. The van der Waals surface area contributed by atoms with Crippen LogP contribution in [0.4, 0.5) is 13.2 Å². The Balaban J connectivity index is 2.06. The lowest BCUT2D eigenvalue weighted by Gasteiger charge is -2.24. The van der Waals surface area contributed by atoms with Crippen LogP contribution in [-0.2, 0) is 9.53 Å². The molecule has 2 N–H and O–H groups in total. The zero-order valence-electron chi connectivity index (χ0n) is 18.5. The number of carbonyl (C=O) groups is 2. The number of carbonyl (C=O) groups excluding carboxylic acids is 2. The van der Waals surface area contributed by atoms with Crippen molar-refractivity contribution in [3.8, 4) is 5.75 Å². The lowest BCUT2D eigenvalue weighted by Crippen LogP contribution is -2.26. The maximum Gasteiger partial charge on any atom is 0.573 e. The lowest BCUT2D eigenvalue weighted by molar-refractivity contribution is -0.274. The molecule has 33 heavy (non-hydrogen) atoms. The second kappa shape index (κ2) is 12.2. The van der Waals surface area contributed by atoms with Gasteiger partial charge in [-0.05, 0) is 48.7 Å². The number of aliphatic hydroxyl groups is 1. The van der Waals surface area contributed by atoms with Crippen LogP contribution in [0.5, 0.6) is 5.75 Å². The van der Waals surface area contributed by atoms with Crippen molar-refractivity contribution in [2.24, 2.45) is 0 Å². The maximum absolute atomic E-state index is 12.4. The molecular formula is C24H28F3NO5. The van der Waals surface area contributed by atoms with Crippen LogP contribution in [0.1, 0.15) is 66.6 Å². The van der Waals surface area contributed by atoms with E-state index in [9.17, 15) is 27.9 Å². The van der Waals surface area contributed by atoms with Crippen molar-refractivity contribution in [3.63, 3.8) is 0 Å². The largest absolute Gasteiger partial charge is 0.573 e. The van der Waals surface area contributed by atoms with Crippen LogP contribution in [0.2, 0.25) is 0 Å². The molecule has 0 fully saturated rings. The van der Waals surface area contributed by atoms with Crippen molar-refractivity contribution in [3.05, 3.63) is 65.2 Å². The number of hydrogen-bond donors (Lipinski definition) is 2. The fraction of sp³-hybridized carbons (Fsp3) is 0.417. The molecule has 2 rings (SSSR count). The number of hydrogen-bond acceptors (Lipinski definition) is 5. The van der Waals surface area contributed by atoms with Gasteiger partial charge in [-0.15, -0.1) is 13.2 Å². The first-order chi connectivity index (χ1) is 15.6. The summed E-state index contributed by atoms with van der Waals surface area (Å²) in [6.45, 7) is 4.11. The summed E-state index contributed by atoms with van der Waals surface area (Å²) in [5.41, 5.74) is 1.66. The van der Waals surface area contributed by atoms with Crippen molar-refractivity contribution in [2.75, 3.05) is 13.2 Å². The van der Waals surface area contributed by atoms with E-state index in [4.69, 9.17) is 4.74 Å². The van der Waals surface area contributed by atoms with E-state index in [-0.39, 0.29) is 43.1 Å². The Hall–Kier alpha value is -3.07. The van der Waals surface area contributed by atoms with Crippen molar-refractivity contribution in [2.45, 2.75) is 51.5 Å². The summed E-state index contributed by atoms with van der Waals surface area (Å²) < 4.78 is 45.7. The molecule has 6 nitrogen and oxygen atoms in total. The van der Waals surface area contributed by atoms with E-state index in [1.165, 1.54) is 24.3 Å². The normalized spacial score (nSPS) is 13.2. The summed E-state index contributed by atoms with van der Waals surface area (Å²) in [5.74, 6) is -1.39. The van der Waals surface area contributed by atoms with Gasteiger partial charge in [0.25, 0.3) is 5.91 Å². The van der Waals surface area contributed by atoms with Crippen LogP contribution < -0.4 is 10.1 Å². The third kappa shape index (κ3) is 8.42. The summed E-state index contributed by atoms with van der Waals surface area (Å²) in [5, 5.41) is 13.5. The van der Waals surface area contributed by atoms with Crippen molar-refractivity contribution < 1.29 is 37.3 Å². The molecule has 2 aromatic rings. The quantitative estimate of drug-likeness (QED) is 0.460. The maximum atomic E-state index is 12.4. The molecule has 1 amide bonds. The van der Waals surface area contributed by atoms with Crippen LogP contribution in [0.25, 0.3) is 0 Å². The van der Waals surface area contributed by atoms with Gasteiger partial charge in [0.05, 0.1) is 19.1 Å². The van der Waals surface area contributed by atoms with Gasteiger partial charge >= 0.3 is 12.3 Å². The van der Waals surface area contributed by atoms with Gasteiger partial charge in [-0.2, -0.15) is 0 Å². The minimum Gasteiger partial charge on any atom is -0.466 e. The van der Waals surface area contributed by atoms with E-state index in [2.05, 4.69) is 10.1 Å². The first-order valence-corrected chi connectivity index (χ1v) is 10.7. The Morgan fingerprint density at radius 3 is 2.15 bits per heavy atom. The van der Waals surface area contributed by atoms with Crippen LogP contribution in [-0.4, -0.2) is 36.5 Å². The summed E-state index contributed by atoms with van der Waals surface area (Å²) in [6, 6.07) is 11.9. The van der Waals surface area contributed by atoms with Crippen molar-refractivity contribution in [1.82, 2.24) is 5.32 Å². The summed E-state index contributed by atoms with van der Waals surface area (Å²) >= 11 is 0. The highest BCUT2D eigenvalue weighted by Gasteiger charge is 2.31. The molecule has 180 valence electrons. The van der Waals surface area contributed by atoms with E-state index in [0.29, 0.717) is 17.5 Å². The van der Waals surface area contributed by atoms with Gasteiger partial charge in [0.2, 0.25) is 0 Å². The summed E-state index contributed by atoms with van der Waals surface area (Å²) in [4.78, 5) is 23.6. The molecule has 0 spiro atoms. The minimum atomic E-state index is -4.78. The standard InChI is InChI=1S/C24H28F3NO5/c1-3-5-20(22(30)17-10-12-19(13-11-17)33-24(25,26)27)16-6-8-18(9-7-16)23(31)28-15-14-21(29)32-4-2/h6-13,20,22,30H,3-5,14-15H2,1-2H3,(H,28,31). The number of esters is 1. The smallest absolute Gasteiger partial charge is 0.466 e. The Labute approximate surface area is 190 Å². The van der Waals surface area contributed by atoms with E-state index in [1.54, 1.807) is 31.2 Å². The molecule has 0 aliphatic heterocycles. The molecule has 0 saturated heterocycles. The number of ether oxygens (including phenoxy) is 2. The minimum absolute atomic E-state index is 0.0786. The fourth-order valence-corrected chi connectivity index (χ4v) is 3.41. The molecule has 0 saturated carbocycles. The van der Waals surface area contributed by atoms with Gasteiger partial charge < -0.3 is 19.9 Å². The van der Waals surface area contributed by atoms with Crippen molar-refractivity contribution >= 4 is 11.9 Å². The number of halogens is 3. The molecule has 0 aromatic heterocycles. The molecule has 2 atom stereocenters. The molecule has 0 aliphatic carbocycles. The molecular weight excluding hydrogens is 439 g/mol. The number of rotatable bonds is 11. The van der Waals surface area contributed by atoms with Gasteiger partial charge in [-0.3, -0.25) is 9.59 Å². The summed E-state index contributed by atoms with van der Waals surface area (Å²) in [7, 11) is 0. The fourth-order valence-electron chi connectivity index (χ4n) is 3.41. The molecule has 2 aromatic carbocycles. The van der Waals surface area contributed by atoms with Gasteiger partial charge in [0.15, 0.2) is 0 Å². The average Bonchev–Trinajstić information content (AvgIpc) is 2.77. The van der Waals surface area contributed by atoms with E-state index in [1.807, 2.05) is 6.92 Å². The Morgan fingerprint density at radius 1 is 1.00 bits per heavy atom. The monoisotopic (exact) mass is 467 g/mol. The second-order valence-corrected chi connectivity index (χ2v) is 7.39. The third-order valence-corrected chi connectivity index (χ3v) is 4.96. The van der Waals surface area contributed by atoms with E-state index < -0.39 is 12.5 Å². The number of aliphatic hydroxyl groups excluding tert-OH is 1. The predicted octanol–water partition coefficient (Wildman–Crippen LogP) is 4.89. The first kappa shape index (κ1) is 26.2. The second-order valence-electron chi connectivity index (χ2n) is 7.39. The van der Waals surface area contributed by atoms with E-state index in [0.717, 1.165) is 12.0 Å². The Morgan fingerprint density at radius 2 is 1.61 bits per heavy atom. The van der Waals surface area contributed by atoms with Crippen molar-refractivity contribution in [1.29, 1.82) is 0 Å². The van der Waals surface area contributed by atoms with Crippen LogP contribution in [0, 0.1) is 0 Å². The zero-order valence-corrected chi connectivity index (χ0v) is 18.5. The van der Waals surface area contributed by atoms with Gasteiger partial charge in [0, 0.05) is 18.0 Å². The summed E-state index contributed by atoms with van der Waals surface area (Å²) in [6.07, 6.45) is -4.25. The molecule has 0 radical (unpaired) electrons. The van der Waals surface area contributed by atoms with Gasteiger partial charge in [-0.25, -0.2) is 0 Å². The highest BCUT2D eigenvalue weighted by molar-refractivity contribution is 5.94. The van der Waals surface area contributed by atoms with Crippen LogP contribution in [0.3, 0.4) is 0 Å². The van der Waals surface area contributed by atoms with Gasteiger partial charge in [0.1, 0.15) is 5.75 Å². The SMILES string of the molecule is CCCC(c1ccc(C(=O)NCCC(=O)OCC)cc1)C(O)c1ccc(OC(F)(F)F)cc1.